The highest BCUT2D eigenvalue weighted by Gasteiger charge is 2.22. The lowest BCUT2D eigenvalue weighted by Crippen LogP contribution is -2.00. The van der Waals surface area contributed by atoms with Crippen LogP contribution >= 0.6 is 0 Å². The zero-order valence-electron chi connectivity index (χ0n) is 34.1. The van der Waals surface area contributed by atoms with Gasteiger partial charge in [0.2, 0.25) is 0 Å². The molecule has 0 radical (unpaired) electrons. The average molecular weight is 804 g/mol. The average Bonchev–Trinajstić information content (AvgIpc) is 3.72. The lowest BCUT2D eigenvalue weighted by atomic mass is 9.96. The molecular weight excluding hydrogens is 767 g/mol. The van der Waals surface area contributed by atoms with Crippen molar-refractivity contribution in [2.24, 2.45) is 0 Å². The Kier molecular flexibility index (Phi) is 8.75. The fourth-order valence-electron chi connectivity index (χ4n) is 9.09. The minimum absolute atomic E-state index is 0.633. The van der Waals surface area contributed by atoms with Crippen molar-refractivity contribution < 1.29 is 0 Å². The molecule has 0 saturated carbocycles. The number of rotatable bonds is 7. The molecule has 63 heavy (non-hydrogen) atoms. The third-order valence-electron chi connectivity index (χ3n) is 12.0. The van der Waals surface area contributed by atoms with Gasteiger partial charge in [0.1, 0.15) is 0 Å². The Morgan fingerprint density at radius 1 is 0.286 bits per heavy atom. The molecular formula is C58H37N5. The van der Waals surface area contributed by atoms with E-state index in [4.69, 9.17) is 19.9 Å². The largest absolute Gasteiger partial charge is 0.308 e. The number of fused-ring (bicyclic) bond motifs is 7. The molecule has 0 aliphatic carbocycles. The van der Waals surface area contributed by atoms with Gasteiger partial charge in [-0.3, -0.25) is 0 Å². The summed E-state index contributed by atoms with van der Waals surface area (Å²) in [5.74, 6) is 1.92. The minimum atomic E-state index is 0.633. The van der Waals surface area contributed by atoms with Gasteiger partial charge in [-0.1, -0.05) is 200 Å². The third-order valence-corrected chi connectivity index (χ3v) is 12.0. The van der Waals surface area contributed by atoms with Gasteiger partial charge in [-0.25, -0.2) is 19.9 Å². The van der Waals surface area contributed by atoms with Crippen LogP contribution in [-0.2, 0) is 0 Å². The number of nitrogens with zero attached hydrogens (tertiary/aromatic N) is 5. The number of benzene rings is 9. The molecule has 3 aromatic heterocycles. The van der Waals surface area contributed by atoms with Crippen LogP contribution in [-0.4, -0.2) is 24.5 Å². The maximum atomic E-state index is 5.27. The van der Waals surface area contributed by atoms with Gasteiger partial charge >= 0.3 is 0 Å². The summed E-state index contributed by atoms with van der Waals surface area (Å²) in [6.45, 7) is 0. The topological polar surface area (TPSA) is 56.5 Å². The van der Waals surface area contributed by atoms with Crippen LogP contribution in [0.5, 0.6) is 0 Å². The van der Waals surface area contributed by atoms with E-state index in [0.717, 1.165) is 72.2 Å². The van der Waals surface area contributed by atoms with Crippen LogP contribution in [0.1, 0.15) is 0 Å². The van der Waals surface area contributed by atoms with Crippen molar-refractivity contribution in [3.8, 4) is 73.4 Å². The lowest BCUT2D eigenvalue weighted by Gasteiger charge is -2.15. The first-order chi connectivity index (χ1) is 31.2. The summed E-state index contributed by atoms with van der Waals surface area (Å²) in [5, 5.41) is 5.87. The van der Waals surface area contributed by atoms with Gasteiger partial charge in [0.05, 0.1) is 22.2 Å². The first kappa shape index (κ1) is 36.3. The fourth-order valence-corrected chi connectivity index (χ4v) is 9.09. The second kappa shape index (κ2) is 15.2. The molecule has 0 N–H and O–H groups in total. The SMILES string of the molecule is c1ccc(-c2nc(-c3ccccc3)nc(-c3cccc(-c4ccc(-c5cccc6c7ccc8c(-c9ccccc9)nc9ccccc9c8c7n(-c7ccccc7)c56)cc4)c3)n2)cc1. The first-order valence-corrected chi connectivity index (χ1v) is 21.2. The smallest absolute Gasteiger partial charge is 0.164 e. The van der Waals surface area contributed by atoms with Crippen molar-refractivity contribution in [1.29, 1.82) is 0 Å². The van der Waals surface area contributed by atoms with Gasteiger partial charge < -0.3 is 4.57 Å². The molecule has 5 nitrogen and oxygen atoms in total. The molecule has 5 heteroatoms. The highest BCUT2D eigenvalue weighted by molar-refractivity contribution is 6.28. The Bertz CT molecular complexity index is 3580. The van der Waals surface area contributed by atoms with Gasteiger partial charge in [-0.15, -0.1) is 0 Å². The Morgan fingerprint density at radius 3 is 1.46 bits per heavy atom. The van der Waals surface area contributed by atoms with E-state index >= 15 is 0 Å². The van der Waals surface area contributed by atoms with Gasteiger partial charge in [-0.05, 0) is 41.0 Å². The molecule has 12 rings (SSSR count). The fraction of sp³-hybridized carbons (Fsp3) is 0. The van der Waals surface area contributed by atoms with E-state index in [1.54, 1.807) is 0 Å². The molecule has 0 atom stereocenters. The van der Waals surface area contributed by atoms with Crippen molar-refractivity contribution in [1.82, 2.24) is 24.5 Å². The van der Waals surface area contributed by atoms with Crippen LogP contribution in [0.25, 0.3) is 117 Å². The quantitative estimate of drug-likeness (QED) is 0.151. The van der Waals surface area contributed by atoms with Crippen molar-refractivity contribution in [3.05, 3.63) is 224 Å². The molecule has 12 aromatic rings. The molecule has 0 aliphatic heterocycles. The molecule has 0 spiro atoms. The number of hydrogen-bond donors (Lipinski definition) is 0. The molecule has 0 saturated heterocycles. The van der Waals surface area contributed by atoms with Crippen LogP contribution in [0.15, 0.2) is 224 Å². The van der Waals surface area contributed by atoms with Gasteiger partial charge in [-0.2, -0.15) is 0 Å². The predicted octanol–water partition coefficient (Wildman–Crippen LogP) is 14.7. The van der Waals surface area contributed by atoms with E-state index < -0.39 is 0 Å². The number of hydrogen-bond acceptors (Lipinski definition) is 4. The van der Waals surface area contributed by atoms with E-state index in [0.29, 0.717) is 17.5 Å². The van der Waals surface area contributed by atoms with Gasteiger partial charge in [0.15, 0.2) is 17.5 Å². The second-order valence-corrected chi connectivity index (χ2v) is 15.8. The van der Waals surface area contributed by atoms with E-state index in [1.165, 1.54) is 27.2 Å². The summed E-state index contributed by atoms with van der Waals surface area (Å²) < 4.78 is 2.48. The summed E-state index contributed by atoms with van der Waals surface area (Å²) in [7, 11) is 0. The number of para-hydroxylation sites is 3. The monoisotopic (exact) mass is 803 g/mol. The summed E-state index contributed by atoms with van der Waals surface area (Å²) >= 11 is 0. The standard InChI is InChI=1S/C58H37N5/c1-5-17-40(18-6-1)53-50-36-35-48-47-29-16-28-46(54(47)63(45-25-11-4-12-26-45)55(48)52(50)49-27-13-14-30-51(49)59-53)39-33-31-38(32-34-39)43-23-15-24-44(37-43)58-61-56(41-19-7-2-8-20-41)60-57(62-58)42-21-9-3-10-22-42/h1-37H. The zero-order chi connectivity index (χ0) is 41.7. The number of pyridine rings is 1. The van der Waals surface area contributed by atoms with Crippen molar-refractivity contribution >= 4 is 43.5 Å². The second-order valence-electron chi connectivity index (χ2n) is 15.8. The van der Waals surface area contributed by atoms with Crippen molar-refractivity contribution in [2.45, 2.75) is 0 Å². The van der Waals surface area contributed by atoms with Crippen LogP contribution < -0.4 is 0 Å². The molecule has 0 unspecified atom stereocenters. The van der Waals surface area contributed by atoms with Gasteiger partial charge in [0.25, 0.3) is 0 Å². The summed E-state index contributed by atoms with van der Waals surface area (Å²) in [5.41, 5.74) is 13.8. The first-order valence-electron chi connectivity index (χ1n) is 21.2. The van der Waals surface area contributed by atoms with Crippen LogP contribution in [0.2, 0.25) is 0 Å². The predicted molar refractivity (Wildman–Crippen MR) is 260 cm³/mol. The molecule has 0 amide bonds. The van der Waals surface area contributed by atoms with E-state index in [9.17, 15) is 0 Å². The molecule has 0 fully saturated rings. The zero-order valence-corrected chi connectivity index (χ0v) is 34.1. The van der Waals surface area contributed by atoms with Gasteiger partial charge in [0, 0.05) is 60.4 Å². The van der Waals surface area contributed by atoms with E-state index in [2.05, 4.69) is 168 Å². The maximum Gasteiger partial charge on any atom is 0.164 e. The minimum Gasteiger partial charge on any atom is -0.308 e. The molecule has 294 valence electrons. The normalized spacial score (nSPS) is 11.5. The molecule has 0 bridgehead atoms. The Hall–Kier alpha value is -8.54. The summed E-state index contributed by atoms with van der Waals surface area (Å²) in [6, 6.07) is 78.7. The van der Waals surface area contributed by atoms with Crippen molar-refractivity contribution in [3.63, 3.8) is 0 Å². The maximum absolute atomic E-state index is 5.27. The Morgan fingerprint density at radius 2 is 0.778 bits per heavy atom. The van der Waals surface area contributed by atoms with Crippen molar-refractivity contribution in [2.75, 3.05) is 0 Å². The summed E-state index contributed by atoms with van der Waals surface area (Å²) in [6.07, 6.45) is 0. The Balaban J connectivity index is 1.01. The number of aromatic nitrogens is 5. The van der Waals surface area contributed by atoms with Crippen LogP contribution in [0, 0.1) is 0 Å². The molecule has 9 aromatic carbocycles. The van der Waals surface area contributed by atoms with E-state index in [-0.39, 0.29) is 0 Å². The molecule has 0 aliphatic rings. The third kappa shape index (κ3) is 6.34. The van der Waals surface area contributed by atoms with Crippen LogP contribution in [0.3, 0.4) is 0 Å². The lowest BCUT2D eigenvalue weighted by molar-refractivity contribution is 1.07. The van der Waals surface area contributed by atoms with E-state index in [1.807, 2.05) is 60.7 Å². The highest BCUT2D eigenvalue weighted by atomic mass is 15.0. The highest BCUT2D eigenvalue weighted by Crippen LogP contribution is 2.44. The summed E-state index contributed by atoms with van der Waals surface area (Å²) in [4.78, 5) is 20.2. The molecule has 3 heterocycles. The van der Waals surface area contributed by atoms with Crippen LogP contribution in [0.4, 0.5) is 0 Å². The Labute approximate surface area is 364 Å².